The van der Waals surface area contributed by atoms with Crippen LogP contribution < -0.4 is 5.32 Å². The molecule has 0 atom stereocenters. The van der Waals surface area contributed by atoms with E-state index in [1.54, 1.807) is 6.33 Å². The Morgan fingerprint density at radius 1 is 1.24 bits per heavy atom. The molecule has 0 aliphatic carbocycles. The number of nitrogens with one attached hydrogen (secondary N) is 1. The number of nitrogens with zero attached hydrogens (tertiary/aromatic N) is 2. The van der Waals surface area contributed by atoms with Crippen LogP contribution in [-0.2, 0) is 0 Å². The Morgan fingerprint density at radius 2 is 2.00 bits per heavy atom. The first-order valence-electron chi connectivity index (χ1n) is 6.42. The van der Waals surface area contributed by atoms with E-state index in [-0.39, 0.29) is 0 Å². The highest BCUT2D eigenvalue weighted by molar-refractivity contribution is 7.99. The van der Waals surface area contributed by atoms with Gasteiger partial charge in [0, 0.05) is 12.1 Å². The van der Waals surface area contributed by atoms with Gasteiger partial charge < -0.3 is 5.32 Å². The molecule has 0 aromatic carbocycles. The van der Waals surface area contributed by atoms with Gasteiger partial charge in [-0.15, -0.1) is 11.8 Å². The lowest BCUT2D eigenvalue weighted by Crippen LogP contribution is -2.08. The van der Waals surface area contributed by atoms with Crippen LogP contribution in [0.3, 0.4) is 0 Å². The number of hydrogen-bond acceptors (Lipinski definition) is 4. The van der Waals surface area contributed by atoms with Crippen molar-refractivity contribution in [2.24, 2.45) is 0 Å². The highest BCUT2D eigenvalue weighted by Gasteiger charge is 2.14. The molecular formula is C13H23N3S. The third kappa shape index (κ3) is 4.19. The van der Waals surface area contributed by atoms with Gasteiger partial charge in [-0.05, 0) is 24.5 Å². The highest BCUT2D eigenvalue weighted by atomic mass is 32.2. The van der Waals surface area contributed by atoms with Crippen molar-refractivity contribution in [3.05, 3.63) is 11.9 Å². The zero-order chi connectivity index (χ0) is 12.7. The lowest BCUT2D eigenvalue weighted by Gasteiger charge is -2.16. The van der Waals surface area contributed by atoms with Crippen LogP contribution in [0.15, 0.2) is 11.4 Å². The molecule has 0 saturated carbocycles. The monoisotopic (exact) mass is 253 g/mol. The predicted molar refractivity (Wildman–Crippen MR) is 75.9 cm³/mol. The smallest absolute Gasteiger partial charge is 0.133 e. The fraction of sp³-hybridized carbons (Fsp3) is 0.692. The SMILES string of the molecule is CCCNc1ncnc(SCCC)c1C(C)C. The van der Waals surface area contributed by atoms with E-state index in [0.29, 0.717) is 5.92 Å². The molecule has 0 unspecified atom stereocenters. The fourth-order valence-corrected chi connectivity index (χ4v) is 2.60. The molecule has 0 amide bonds. The fourth-order valence-electron chi connectivity index (χ4n) is 1.60. The Hall–Kier alpha value is -0.770. The van der Waals surface area contributed by atoms with Crippen LogP contribution >= 0.6 is 11.8 Å². The first kappa shape index (κ1) is 14.3. The van der Waals surface area contributed by atoms with Gasteiger partial charge in [0.15, 0.2) is 0 Å². The molecule has 0 saturated heterocycles. The molecule has 0 aliphatic rings. The summed E-state index contributed by atoms with van der Waals surface area (Å²) in [5.74, 6) is 2.58. The van der Waals surface area contributed by atoms with Crippen molar-refractivity contribution in [1.82, 2.24) is 9.97 Å². The Labute approximate surface area is 109 Å². The summed E-state index contributed by atoms with van der Waals surface area (Å²) in [5.41, 5.74) is 1.26. The normalized spacial score (nSPS) is 10.9. The zero-order valence-electron chi connectivity index (χ0n) is 11.3. The molecule has 1 aromatic heterocycles. The molecule has 1 aromatic rings. The predicted octanol–water partition coefficient (Wildman–Crippen LogP) is 3.92. The Morgan fingerprint density at radius 3 is 2.59 bits per heavy atom. The Balaban J connectivity index is 2.95. The van der Waals surface area contributed by atoms with Gasteiger partial charge in [-0.25, -0.2) is 9.97 Å². The molecular weight excluding hydrogens is 230 g/mol. The molecule has 1 N–H and O–H groups in total. The summed E-state index contributed by atoms with van der Waals surface area (Å²) in [7, 11) is 0. The van der Waals surface area contributed by atoms with E-state index < -0.39 is 0 Å². The lowest BCUT2D eigenvalue weighted by molar-refractivity contribution is 0.799. The second-order valence-electron chi connectivity index (χ2n) is 4.37. The van der Waals surface area contributed by atoms with Crippen LogP contribution in [0.25, 0.3) is 0 Å². The average Bonchev–Trinajstić information content (AvgIpc) is 2.33. The van der Waals surface area contributed by atoms with Crippen LogP contribution in [0.4, 0.5) is 5.82 Å². The Kier molecular flexibility index (Phi) is 6.34. The minimum Gasteiger partial charge on any atom is -0.370 e. The van der Waals surface area contributed by atoms with Crippen LogP contribution in [0.1, 0.15) is 52.0 Å². The van der Waals surface area contributed by atoms with Crippen molar-refractivity contribution in [3.63, 3.8) is 0 Å². The van der Waals surface area contributed by atoms with E-state index in [2.05, 4.69) is 43.0 Å². The summed E-state index contributed by atoms with van der Waals surface area (Å²) in [5, 5.41) is 4.53. The molecule has 0 spiro atoms. The van der Waals surface area contributed by atoms with E-state index in [0.717, 1.165) is 29.6 Å². The van der Waals surface area contributed by atoms with Crippen molar-refractivity contribution in [1.29, 1.82) is 0 Å². The number of thioether (sulfide) groups is 1. The minimum atomic E-state index is 0.454. The maximum atomic E-state index is 4.42. The van der Waals surface area contributed by atoms with Crippen molar-refractivity contribution in [2.45, 2.75) is 51.5 Å². The molecule has 17 heavy (non-hydrogen) atoms. The van der Waals surface area contributed by atoms with Gasteiger partial charge in [-0.2, -0.15) is 0 Å². The maximum absolute atomic E-state index is 4.42. The summed E-state index contributed by atoms with van der Waals surface area (Å²) in [6, 6.07) is 0. The summed E-state index contributed by atoms with van der Waals surface area (Å²) in [6.07, 6.45) is 3.95. The largest absolute Gasteiger partial charge is 0.370 e. The Bertz CT molecular complexity index is 313. The molecule has 0 aliphatic heterocycles. The summed E-state index contributed by atoms with van der Waals surface area (Å²) in [4.78, 5) is 8.79. The van der Waals surface area contributed by atoms with Crippen LogP contribution in [0, 0.1) is 0 Å². The molecule has 0 fully saturated rings. The van der Waals surface area contributed by atoms with Gasteiger partial charge in [0.2, 0.25) is 0 Å². The molecule has 0 radical (unpaired) electrons. The van der Waals surface area contributed by atoms with Crippen molar-refractivity contribution in [3.8, 4) is 0 Å². The maximum Gasteiger partial charge on any atom is 0.133 e. The topological polar surface area (TPSA) is 37.8 Å². The molecule has 0 bridgehead atoms. The summed E-state index contributed by atoms with van der Waals surface area (Å²) >= 11 is 1.83. The zero-order valence-corrected chi connectivity index (χ0v) is 12.1. The van der Waals surface area contributed by atoms with E-state index in [9.17, 15) is 0 Å². The molecule has 1 rings (SSSR count). The lowest BCUT2D eigenvalue weighted by atomic mass is 10.1. The van der Waals surface area contributed by atoms with Crippen molar-refractivity contribution < 1.29 is 0 Å². The van der Waals surface area contributed by atoms with Crippen LogP contribution in [0.5, 0.6) is 0 Å². The number of aromatic nitrogens is 2. The average molecular weight is 253 g/mol. The number of rotatable bonds is 7. The third-order valence-corrected chi connectivity index (χ3v) is 3.62. The van der Waals surface area contributed by atoms with E-state index in [1.165, 1.54) is 12.0 Å². The first-order chi connectivity index (χ1) is 8.20. The molecule has 3 nitrogen and oxygen atoms in total. The van der Waals surface area contributed by atoms with Gasteiger partial charge in [-0.3, -0.25) is 0 Å². The van der Waals surface area contributed by atoms with Crippen LogP contribution in [0.2, 0.25) is 0 Å². The van der Waals surface area contributed by atoms with Gasteiger partial charge in [0.25, 0.3) is 0 Å². The number of hydrogen-bond donors (Lipinski definition) is 1. The molecule has 4 heteroatoms. The second kappa shape index (κ2) is 7.54. The van der Waals surface area contributed by atoms with Gasteiger partial charge in [0.05, 0.1) is 0 Å². The first-order valence-corrected chi connectivity index (χ1v) is 7.40. The van der Waals surface area contributed by atoms with Gasteiger partial charge in [-0.1, -0.05) is 27.7 Å². The summed E-state index contributed by atoms with van der Waals surface area (Å²) < 4.78 is 0. The summed E-state index contributed by atoms with van der Waals surface area (Å²) in [6.45, 7) is 9.72. The van der Waals surface area contributed by atoms with E-state index in [1.807, 2.05) is 11.8 Å². The molecule has 96 valence electrons. The highest BCUT2D eigenvalue weighted by Crippen LogP contribution is 2.31. The van der Waals surface area contributed by atoms with E-state index in [4.69, 9.17) is 0 Å². The third-order valence-electron chi connectivity index (χ3n) is 2.41. The second-order valence-corrected chi connectivity index (χ2v) is 5.45. The minimum absolute atomic E-state index is 0.454. The standard InChI is InChI=1S/C13H23N3S/c1-5-7-14-12-11(10(3)4)13(16-9-15-12)17-8-6-2/h9-10H,5-8H2,1-4H3,(H,14,15,16). The molecule has 1 heterocycles. The number of anilines is 1. The van der Waals surface area contributed by atoms with Gasteiger partial charge in [0.1, 0.15) is 17.2 Å². The van der Waals surface area contributed by atoms with Crippen LogP contribution in [-0.4, -0.2) is 22.3 Å². The van der Waals surface area contributed by atoms with Crippen molar-refractivity contribution >= 4 is 17.6 Å². The van der Waals surface area contributed by atoms with Crippen molar-refractivity contribution in [2.75, 3.05) is 17.6 Å². The van der Waals surface area contributed by atoms with Gasteiger partial charge >= 0.3 is 0 Å². The quantitative estimate of drug-likeness (QED) is 0.590. The van der Waals surface area contributed by atoms with E-state index >= 15 is 0 Å².